The normalized spacial score (nSPS) is 15.2. The number of aliphatic hydroxyl groups excluding tert-OH is 3. The first-order valence-electron chi connectivity index (χ1n) is 13.6. The lowest BCUT2D eigenvalue weighted by atomic mass is 10.1. The van der Waals surface area contributed by atoms with Gasteiger partial charge in [0.1, 0.15) is 6.10 Å². The first-order valence-corrected chi connectivity index (χ1v) is 13.6. The monoisotopic (exact) mass is 489 g/mol. The average molecular weight is 490 g/mol. The summed E-state index contributed by atoms with van der Waals surface area (Å²) < 4.78 is 0. The van der Waals surface area contributed by atoms with E-state index in [4.69, 9.17) is 0 Å². The van der Waals surface area contributed by atoms with Crippen LogP contribution >= 0.6 is 0 Å². The Morgan fingerprint density at radius 1 is 0.771 bits per heavy atom. The molecule has 0 radical (unpaired) electrons. The summed E-state index contributed by atoms with van der Waals surface area (Å²) in [4.78, 5) is 12.2. The molecule has 5 heteroatoms. The molecule has 4 N–H and O–H groups in total. The van der Waals surface area contributed by atoms with Gasteiger partial charge in [-0.05, 0) is 51.9 Å². The summed E-state index contributed by atoms with van der Waals surface area (Å²) in [6.07, 6.45) is 31.2. The van der Waals surface area contributed by atoms with Crippen molar-refractivity contribution in [2.75, 3.05) is 6.61 Å². The van der Waals surface area contributed by atoms with Crippen molar-refractivity contribution in [3.05, 3.63) is 60.8 Å². The lowest BCUT2D eigenvalue weighted by molar-refractivity contribution is -0.131. The van der Waals surface area contributed by atoms with Crippen molar-refractivity contribution in [3.8, 4) is 0 Å². The summed E-state index contributed by atoms with van der Waals surface area (Å²) in [7, 11) is 0. The number of hydrogen-bond acceptors (Lipinski definition) is 4. The van der Waals surface area contributed by atoms with Gasteiger partial charge in [0.25, 0.3) is 0 Å². The number of amides is 1. The maximum absolute atomic E-state index is 12.2. The topological polar surface area (TPSA) is 89.8 Å². The SMILES string of the molecule is C/C=C/CC/C=C/CC/C=C/C(O)C(CO)NC(=O)C(O)C/C=C\C/C=C\CCCCCCCC. The first-order chi connectivity index (χ1) is 17.1. The standard InChI is InChI=1S/C30H51NO4/c1-3-5-7-9-11-13-14-15-17-19-21-23-25-29(34)30(35)31-27(26-32)28(33)24-22-20-18-16-12-10-8-6-4-2/h4,6,12,15-17,21-24,27-29,32-34H,3,5,7-11,13-14,18-20,25-26H2,1-2H3,(H,31,35)/b6-4+,16-12+,17-15-,23-21-,24-22+. The third-order valence-corrected chi connectivity index (χ3v) is 5.66. The van der Waals surface area contributed by atoms with E-state index in [2.05, 4.69) is 42.6 Å². The largest absolute Gasteiger partial charge is 0.394 e. The number of hydrogen-bond donors (Lipinski definition) is 4. The smallest absolute Gasteiger partial charge is 0.249 e. The highest BCUT2D eigenvalue weighted by molar-refractivity contribution is 5.81. The third kappa shape index (κ3) is 21.1. The van der Waals surface area contributed by atoms with Crippen molar-refractivity contribution >= 4 is 5.91 Å². The number of unbranched alkanes of at least 4 members (excludes halogenated alkanes) is 8. The molecule has 0 aromatic rings. The molecular formula is C30H51NO4. The zero-order chi connectivity index (χ0) is 26.0. The van der Waals surface area contributed by atoms with Crippen LogP contribution in [0.2, 0.25) is 0 Å². The second-order valence-electron chi connectivity index (χ2n) is 8.90. The summed E-state index contributed by atoms with van der Waals surface area (Å²) in [6, 6.07) is -0.848. The van der Waals surface area contributed by atoms with E-state index in [-0.39, 0.29) is 6.42 Å². The molecule has 0 heterocycles. The van der Waals surface area contributed by atoms with Gasteiger partial charge >= 0.3 is 0 Å². The Morgan fingerprint density at radius 2 is 1.37 bits per heavy atom. The predicted molar refractivity (Wildman–Crippen MR) is 148 cm³/mol. The van der Waals surface area contributed by atoms with Crippen molar-refractivity contribution in [2.45, 2.75) is 116 Å². The third-order valence-electron chi connectivity index (χ3n) is 5.66. The number of carbonyl (C=O) groups is 1. The van der Waals surface area contributed by atoms with Crippen molar-refractivity contribution in [1.29, 1.82) is 0 Å². The van der Waals surface area contributed by atoms with Gasteiger partial charge in [-0.25, -0.2) is 0 Å². The first kappa shape index (κ1) is 33.0. The molecule has 0 aliphatic carbocycles. The van der Waals surface area contributed by atoms with Gasteiger partial charge in [0.2, 0.25) is 5.91 Å². The number of nitrogens with one attached hydrogen (secondary N) is 1. The summed E-state index contributed by atoms with van der Waals surface area (Å²) in [6.45, 7) is 3.83. The molecule has 0 aromatic heterocycles. The lowest BCUT2D eigenvalue weighted by Crippen LogP contribution is -2.48. The number of aliphatic hydroxyl groups is 3. The molecule has 3 unspecified atom stereocenters. The van der Waals surface area contributed by atoms with Gasteiger partial charge in [-0.3, -0.25) is 4.79 Å². The average Bonchev–Trinajstić information content (AvgIpc) is 2.86. The molecule has 0 bridgehead atoms. The van der Waals surface area contributed by atoms with Crippen LogP contribution in [-0.2, 0) is 4.79 Å². The summed E-state index contributed by atoms with van der Waals surface area (Å²) in [5.41, 5.74) is 0. The molecule has 1 amide bonds. The minimum atomic E-state index is -1.21. The van der Waals surface area contributed by atoms with Crippen LogP contribution in [0.15, 0.2) is 60.8 Å². The summed E-state index contributed by atoms with van der Waals surface area (Å²) in [5.74, 6) is -0.594. The van der Waals surface area contributed by atoms with E-state index < -0.39 is 30.8 Å². The molecule has 0 saturated heterocycles. The van der Waals surface area contributed by atoms with Gasteiger partial charge in [0.15, 0.2) is 0 Å². The Kier molecular flexibility index (Phi) is 23.8. The number of allylic oxidation sites excluding steroid dienone is 8. The molecule has 35 heavy (non-hydrogen) atoms. The van der Waals surface area contributed by atoms with Crippen molar-refractivity contribution in [1.82, 2.24) is 5.32 Å². The molecule has 0 aliphatic rings. The number of carbonyl (C=O) groups excluding carboxylic acids is 1. The molecule has 0 spiro atoms. The summed E-state index contributed by atoms with van der Waals surface area (Å²) in [5, 5.41) is 32.4. The maximum Gasteiger partial charge on any atom is 0.249 e. The van der Waals surface area contributed by atoms with Gasteiger partial charge in [-0.1, -0.05) is 99.8 Å². The zero-order valence-corrected chi connectivity index (χ0v) is 22.2. The van der Waals surface area contributed by atoms with E-state index in [9.17, 15) is 20.1 Å². The quantitative estimate of drug-likeness (QED) is 0.110. The Labute approximate surface area is 214 Å². The predicted octanol–water partition coefficient (Wildman–Crippen LogP) is 6.08. The van der Waals surface area contributed by atoms with Crippen molar-refractivity contribution < 1.29 is 20.1 Å². The molecular weight excluding hydrogens is 438 g/mol. The van der Waals surface area contributed by atoms with E-state index >= 15 is 0 Å². The highest BCUT2D eigenvalue weighted by Crippen LogP contribution is 2.07. The minimum absolute atomic E-state index is 0.196. The van der Waals surface area contributed by atoms with Gasteiger partial charge < -0.3 is 20.6 Å². The Bertz CT molecular complexity index is 636. The van der Waals surface area contributed by atoms with Gasteiger partial charge in [-0.2, -0.15) is 0 Å². The van der Waals surface area contributed by atoms with E-state index in [0.29, 0.717) is 0 Å². The zero-order valence-electron chi connectivity index (χ0n) is 22.2. The molecule has 0 saturated carbocycles. The van der Waals surface area contributed by atoms with Crippen LogP contribution in [0, 0.1) is 0 Å². The van der Waals surface area contributed by atoms with Crippen LogP contribution in [0.3, 0.4) is 0 Å². The molecule has 3 atom stereocenters. The van der Waals surface area contributed by atoms with Crippen LogP contribution in [0.5, 0.6) is 0 Å². The Hall–Kier alpha value is -1.95. The Balaban J connectivity index is 4.08. The van der Waals surface area contributed by atoms with Gasteiger partial charge in [0, 0.05) is 6.42 Å². The van der Waals surface area contributed by atoms with Crippen molar-refractivity contribution in [3.63, 3.8) is 0 Å². The van der Waals surface area contributed by atoms with E-state index in [0.717, 1.165) is 38.5 Å². The van der Waals surface area contributed by atoms with Gasteiger partial charge in [-0.15, -0.1) is 0 Å². The number of rotatable bonds is 22. The summed E-state index contributed by atoms with van der Waals surface area (Å²) >= 11 is 0. The molecule has 0 fully saturated rings. The van der Waals surface area contributed by atoms with E-state index in [1.54, 1.807) is 12.2 Å². The molecule has 0 rings (SSSR count). The molecule has 0 aliphatic heterocycles. The highest BCUT2D eigenvalue weighted by Gasteiger charge is 2.22. The second kappa shape index (κ2) is 25.2. The highest BCUT2D eigenvalue weighted by atomic mass is 16.3. The fourth-order valence-corrected chi connectivity index (χ4v) is 3.44. The lowest BCUT2D eigenvalue weighted by Gasteiger charge is -2.21. The van der Waals surface area contributed by atoms with Crippen LogP contribution in [0.25, 0.3) is 0 Å². The van der Waals surface area contributed by atoms with Gasteiger partial charge in [0.05, 0.1) is 18.8 Å². The van der Waals surface area contributed by atoms with Crippen LogP contribution < -0.4 is 5.32 Å². The van der Waals surface area contributed by atoms with Crippen LogP contribution in [0.4, 0.5) is 0 Å². The van der Waals surface area contributed by atoms with Crippen molar-refractivity contribution in [2.24, 2.45) is 0 Å². The second-order valence-corrected chi connectivity index (χ2v) is 8.90. The fraction of sp³-hybridized carbons (Fsp3) is 0.633. The van der Waals surface area contributed by atoms with Crippen LogP contribution in [0.1, 0.15) is 97.3 Å². The van der Waals surface area contributed by atoms with E-state index in [1.807, 2.05) is 25.2 Å². The van der Waals surface area contributed by atoms with E-state index in [1.165, 1.54) is 38.5 Å². The fourth-order valence-electron chi connectivity index (χ4n) is 3.44. The molecule has 5 nitrogen and oxygen atoms in total. The minimum Gasteiger partial charge on any atom is -0.394 e. The Morgan fingerprint density at radius 3 is 2.06 bits per heavy atom. The molecule has 200 valence electrons. The maximum atomic E-state index is 12.2. The molecule has 0 aromatic carbocycles. The van der Waals surface area contributed by atoms with Crippen LogP contribution in [-0.4, -0.2) is 46.1 Å².